The van der Waals surface area contributed by atoms with Crippen molar-refractivity contribution >= 4 is 5.84 Å². The first kappa shape index (κ1) is 17.5. The van der Waals surface area contributed by atoms with Crippen molar-refractivity contribution in [3.63, 3.8) is 0 Å². The molecule has 0 aromatic heterocycles. The number of hydrogen-bond acceptors (Lipinski definition) is 3. The summed E-state index contributed by atoms with van der Waals surface area (Å²) < 4.78 is 5.26. The average molecular weight is 291 g/mol. The normalized spacial score (nSPS) is 11.4. The van der Waals surface area contributed by atoms with Gasteiger partial charge in [0.05, 0.1) is 12.7 Å². The molecule has 3 N–H and O–H groups in total. The standard InChI is InChI=1S/C17H29N3O/c1-12(2)9-20(10-13(3)4)11-14-6-7-16(21-5)15(8-14)17(18)19/h6-8,12-13H,9-11H2,1-5H3,(H3,18,19). The number of ether oxygens (including phenoxy) is 1. The Kier molecular flexibility index (Phi) is 6.69. The fraction of sp³-hybridized carbons (Fsp3) is 0.588. The molecule has 1 rings (SSSR count). The molecule has 0 heterocycles. The lowest BCUT2D eigenvalue weighted by atomic mass is 10.1. The van der Waals surface area contributed by atoms with Crippen LogP contribution in [0.15, 0.2) is 18.2 Å². The topological polar surface area (TPSA) is 62.3 Å². The van der Waals surface area contributed by atoms with Gasteiger partial charge < -0.3 is 10.5 Å². The molecular formula is C17H29N3O. The Morgan fingerprint density at radius 2 is 1.76 bits per heavy atom. The second-order valence-electron chi connectivity index (χ2n) is 6.43. The minimum Gasteiger partial charge on any atom is -0.496 e. The van der Waals surface area contributed by atoms with Gasteiger partial charge in [0.1, 0.15) is 11.6 Å². The van der Waals surface area contributed by atoms with E-state index in [2.05, 4.69) is 38.7 Å². The van der Waals surface area contributed by atoms with Gasteiger partial charge in [-0.2, -0.15) is 0 Å². The van der Waals surface area contributed by atoms with Crippen LogP contribution >= 0.6 is 0 Å². The Labute approximate surface area is 128 Å². The highest BCUT2D eigenvalue weighted by Gasteiger charge is 2.13. The Balaban J connectivity index is 2.92. The number of nitrogens with one attached hydrogen (secondary N) is 1. The van der Waals surface area contributed by atoms with Gasteiger partial charge in [-0.15, -0.1) is 0 Å². The third kappa shape index (κ3) is 5.76. The summed E-state index contributed by atoms with van der Waals surface area (Å²) >= 11 is 0. The molecular weight excluding hydrogens is 262 g/mol. The Bertz CT molecular complexity index is 459. The first-order valence-corrected chi connectivity index (χ1v) is 7.57. The summed E-state index contributed by atoms with van der Waals surface area (Å²) in [5.74, 6) is 1.97. The summed E-state index contributed by atoms with van der Waals surface area (Å²) in [7, 11) is 1.60. The van der Waals surface area contributed by atoms with Gasteiger partial charge in [-0.1, -0.05) is 33.8 Å². The summed E-state index contributed by atoms with van der Waals surface area (Å²) in [6, 6.07) is 5.92. The van der Waals surface area contributed by atoms with Crippen LogP contribution in [0.4, 0.5) is 0 Å². The van der Waals surface area contributed by atoms with Gasteiger partial charge in [-0.25, -0.2) is 0 Å². The van der Waals surface area contributed by atoms with Crippen LogP contribution in [-0.2, 0) is 6.54 Å². The van der Waals surface area contributed by atoms with Crippen molar-refractivity contribution < 1.29 is 4.74 Å². The molecule has 0 unspecified atom stereocenters. The van der Waals surface area contributed by atoms with Gasteiger partial charge in [-0.3, -0.25) is 10.3 Å². The summed E-state index contributed by atoms with van der Waals surface area (Å²) in [6.45, 7) is 12.0. The van der Waals surface area contributed by atoms with Crippen molar-refractivity contribution in [1.29, 1.82) is 5.41 Å². The molecule has 118 valence electrons. The lowest BCUT2D eigenvalue weighted by molar-refractivity contribution is 0.211. The van der Waals surface area contributed by atoms with E-state index in [1.165, 1.54) is 5.56 Å². The molecule has 1 aromatic carbocycles. The fourth-order valence-corrected chi connectivity index (χ4v) is 2.56. The fourth-order valence-electron chi connectivity index (χ4n) is 2.56. The molecule has 0 atom stereocenters. The van der Waals surface area contributed by atoms with Crippen molar-refractivity contribution in [1.82, 2.24) is 4.90 Å². The zero-order chi connectivity index (χ0) is 16.0. The molecule has 0 fully saturated rings. The second-order valence-corrected chi connectivity index (χ2v) is 6.43. The van der Waals surface area contributed by atoms with Crippen LogP contribution in [0.2, 0.25) is 0 Å². The number of benzene rings is 1. The SMILES string of the molecule is COc1ccc(CN(CC(C)C)CC(C)C)cc1C(=N)N. The third-order valence-electron chi connectivity index (χ3n) is 3.21. The summed E-state index contributed by atoms with van der Waals surface area (Å²) in [5.41, 5.74) is 7.48. The minimum absolute atomic E-state index is 0.0490. The summed E-state index contributed by atoms with van der Waals surface area (Å²) in [5, 5.41) is 7.67. The highest BCUT2D eigenvalue weighted by atomic mass is 16.5. The number of nitrogens with zero attached hydrogens (tertiary/aromatic N) is 1. The van der Waals surface area contributed by atoms with Crippen LogP contribution in [-0.4, -0.2) is 30.9 Å². The van der Waals surface area contributed by atoms with Crippen LogP contribution in [0, 0.1) is 17.2 Å². The molecule has 0 spiro atoms. The highest BCUT2D eigenvalue weighted by Crippen LogP contribution is 2.21. The lowest BCUT2D eigenvalue weighted by Gasteiger charge is -2.26. The van der Waals surface area contributed by atoms with E-state index < -0.39 is 0 Å². The lowest BCUT2D eigenvalue weighted by Crippen LogP contribution is -2.31. The third-order valence-corrected chi connectivity index (χ3v) is 3.21. The van der Waals surface area contributed by atoms with E-state index in [0.717, 1.165) is 19.6 Å². The maximum Gasteiger partial charge on any atom is 0.129 e. The van der Waals surface area contributed by atoms with Crippen molar-refractivity contribution in [2.24, 2.45) is 17.6 Å². The molecule has 0 bridgehead atoms. The monoisotopic (exact) mass is 291 g/mol. The van der Waals surface area contributed by atoms with Gasteiger partial charge in [0.25, 0.3) is 0 Å². The number of hydrogen-bond donors (Lipinski definition) is 2. The van der Waals surface area contributed by atoms with Crippen LogP contribution < -0.4 is 10.5 Å². The molecule has 0 radical (unpaired) electrons. The maximum atomic E-state index is 7.67. The quantitative estimate of drug-likeness (QED) is 0.571. The van der Waals surface area contributed by atoms with Crippen LogP contribution in [0.1, 0.15) is 38.8 Å². The second kappa shape index (κ2) is 8.03. The predicted octanol–water partition coefficient (Wildman–Crippen LogP) is 3.09. The van der Waals surface area contributed by atoms with Crippen molar-refractivity contribution in [2.45, 2.75) is 34.2 Å². The first-order valence-electron chi connectivity index (χ1n) is 7.57. The van der Waals surface area contributed by atoms with E-state index >= 15 is 0 Å². The molecule has 0 saturated heterocycles. The van der Waals surface area contributed by atoms with E-state index in [1.807, 2.05) is 12.1 Å². The van der Waals surface area contributed by atoms with E-state index in [1.54, 1.807) is 7.11 Å². The van der Waals surface area contributed by atoms with Gasteiger partial charge in [0.15, 0.2) is 0 Å². The molecule has 21 heavy (non-hydrogen) atoms. The van der Waals surface area contributed by atoms with Crippen molar-refractivity contribution in [3.8, 4) is 5.75 Å². The van der Waals surface area contributed by atoms with E-state index in [0.29, 0.717) is 23.1 Å². The molecule has 4 heteroatoms. The summed E-state index contributed by atoms with van der Waals surface area (Å²) in [6.07, 6.45) is 0. The molecule has 1 aromatic rings. The van der Waals surface area contributed by atoms with Gasteiger partial charge in [-0.05, 0) is 29.5 Å². The molecule has 0 aliphatic carbocycles. The number of rotatable bonds is 8. The van der Waals surface area contributed by atoms with Gasteiger partial charge in [0.2, 0.25) is 0 Å². The van der Waals surface area contributed by atoms with Crippen LogP contribution in [0.5, 0.6) is 5.75 Å². The Morgan fingerprint density at radius 3 is 2.19 bits per heavy atom. The number of nitrogen functional groups attached to an aromatic ring is 1. The maximum absolute atomic E-state index is 7.67. The zero-order valence-corrected chi connectivity index (χ0v) is 13.9. The van der Waals surface area contributed by atoms with Gasteiger partial charge >= 0.3 is 0 Å². The van der Waals surface area contributed by atoms with E-state index in [9.17, 15) is 0 Å². The average Bonchev–Trinajstić information content (AvgIpc) is 2.36. The Hall–Kier alpha value is -1.55. The molecule has 0 amide bonds. The number of amidine groups is 1. The molecule has 0 aliphatic rings. The zero-order valence-electron chi connectivity index (χ0n) is 13.9. The van der Waals surface area contributed by atoms with E-state index in [4.69, 9.17) is 15.9 Å². The van der Waals surface area contributed by atoms with Crippen LogP contribution in [0.25, 0.3) is 0 Å². The first-order chi connectivity index (χ1) is 9.83. The molecule has 4 nitrogen and oxygen atoms in total. The minimum atomic E-state index is 0.0490. The van der Waals surface area contributed by atoms with E-state index in [-0.39, 0.29) is 5.84 Å². The highest BCUT2D eigenvalue weighted by molar-refractivity contribution is 5.97. The largest absolute Gasteiger partial charge is 0.496 e. The molecule has 0 aliphatic heterocycles. The van der Waals surface area contributed by atoms with Gasteiger partial charge in [0, 0.05) is 19.6 Å². The number of methoxy groups -OCH3 is 1. The van der Waals surface area contributed by atoms with Crippen molar-refractivity contribution in [3.05, 3.63) is 29.3 Å². The Morgan fingerprint density at radius 1 is 1.19 bits per heavy atom. The summed E-state index contributed by atoms with van der Waals surface area (Å²) in [4.78, 5) is 2.46. The smallest absolute Gasteiger partial charge is 0.129 e. The predicted molar refractivity (Wildman–Crippen MR) is 89.0 cm³/mol. The van der Waals surface area contributed by atoms with Crippen LogP contribution in [0.3, 0.4) is 0 Å². The van der Waals surface area contributed by atoms with Crippen molar-refractivity contribution in [2.75, 3.05) is 20.2 Å². The molecule has 0 saturated carbocycles. The number of nitrogens with two attached hydrogens (primary N) is 1.